The van der Waals surface area contributed by atoms with Crippen LogP contribution in [0.4, 0.5) is 11.4 Å². The normalized spacial score (nSPS) is 14.5. The summed E-state index contributed by atoms with van der Waals surface area (Å²) >= 11 is 6.07. The maximum atomic E-state index is 12.5. The Morgan fingerprint density at radius 3 is 2.56 bits per heavy atom. The second-order valence-electron chi connectivity index (χ2n) is 6.52. The van der Waals surface area contributed by atoms with Crippen LogP contribution in [0.1, 0.15) is 11.1 Å². The molecule has 5 heteroatoms. The summed E-state index contributed by atoms with van der Waals surface area (Å²) in [6.07, 6.45) is 0. The molecule has 0 bridgehead atoms. The van der Waals surface area contributed by atoms with Crippen molar-refractivity contribution in [2.45, 2.75) is 13.8 Å². The average molecular weight is 358 g/mol. The van der Waals surface area contributed by atoms with Gasteiger partial charge in [-0.25, -0.2) is 0 Å². The van der Waals surface area contributed by atoms with Crippen LogP contribution in [0, 0.1) is 13.8 Å². The Morgan fingerprint density at radius 2 is 1.84 bits per heavy atom. The van der Waals surface area contributed by atoms with Crippen LogP contribution in [0.25, 0.3) is 0 Å². The minimum Gasteiger partial charge on any atom is -0.376 e. The minimum atomic E-state index is 0.145. The van der Waals surface area contributed by atoms with Crippen molar-refractivity contribution in [1.29, 1.82) is 0 Å². The standard InChI is InChI=1S/C20H24ClN3O/c1-15-6-7-16(2)19(12-15)22-14-20(25)24-10-8-23(9-11-24)18-5-3-4-17(21)13-18/h3-7,12-13,22H,8-11,14H2,1-2H3. The van der Waals surface area contributed by atoms with Crippen molar-refractivity contribution in [3.05, 3.63) is 58.6 Å². The molecule has 1 amide bonds. The molecule has 132 valence electrons. The Hall–Kier alpha value is -2.20. The fourth-order valence-electron chi connectivity index (χ4n) is 3.10. The lowest BCUT2D eigenvalue weighted by molar-refractivity contribution is -0.129. The molecule has 25 heavy (non-hydrogen) atoms. The topological polar surface area (TPSA) is 35.6 Å². The lowest BCUT2D eigenvalue weighted by atomic mass is 10.1. The summed E-state index contributed by atoms with van der Waals surface area (Å²) in [4.78, 5) is 16.7. The number of halogens is 1. The molecule has 0 aliphatic carbocycles. The zero-order valence-electron chi connectivity index (χ0n) is 14.8. The van der Waals surface area contributed by atoms with Gasteiger partial charge in [-0.2, -0.15) is 0 Å². The van der Waals surface area contributed by atoms with Crippen molar-refractivity contribution in [1.82, 2.24) is 4.90 Å². The van der Waals surface area contributed by atoms with E-state index in [1.54, 1.807) is 0 Å². The summed E-state index contributed by atoms with van der Waals surface area (Å²) in [6, 6.07) is 14.1. The SMILES string of the molecule is Cc1ccc(C)c(NCC(=O)N2CCN(c3cccc(Cl)c3)CC2)c1. The highest BCUT2D eigenvalue weighted by Gasteiger charge is 2.21. The molecule has 1 N–H and O–H groups in total. The zero-order chi connectivity index (χ0) is 17.8. The second-order valence-corrected chi connectivity index (χ2v) is 6.96. The lowest BCUT2D eigenvalue weighted by Gasteiger charge is -2.36. The first-order chi connectivity index (χ1) is 12.0. The number of rotatable bonds is 4. The lowest BCUT2D eigenvalue weighted by Crippen LogP contribution is -2.50. The number of hydrogen-bond donors (Lipinski definition) is 1. The van der Waals surface area contributed by atoms with Crippen LogP contribution in [0.5, 0.6) is 0 Å². The molecule has 2 aromatic carbocycles. The third kappa shape index (κ3) is 4.45. The van der Waals surface area contributed by atoms with Crippen LogP contribution >= 0.6 is 11.6 Å². The molecule has 1 fully saturated rings. The van der Waals surface area contributed by atoms with Crippen LogP contribution < -0.4 is 10.2 Å². The van der Waals surface area contributed by atoms with Gasteiger partial charge in [0.25, 0.3) is 0 Å². The van der Waals surface area contributed by atoms with E-state index in [1.807, 2.05) is 23.1 Å². The van der Waals surface area contributed by atoms with E-state index in [0.29, 0.717) is 6.54 Å². The van der Waals surface area contributed by atoms with Crippen LogP contribution in [0.15, 0.2) is 42.5 Å². The zero-order valence-corrected chi connectivity index (χ0v) is 15.5. The molecule has 0 spiro atoms. The van der Waals surface area contributed by atoms with E-state index in [9.17, 15) is 4.79 Å². The molecular formula is C20H24ClN3O. The van der Waals surface area contributed by atoms with Crippen LogP contribution in [-0.4, -0.2) is 43.5 Å². The first kappa shape index (κ1) is 17.6. The molecule has 3 rings (SSSR count). The van der Waals surface area contributed by atoms with E-state index < -0.39 is 0 Å². The summed E-state index contributed by atoms with van der Waals surface area (Å²) in [5.74, 6) is 0.145. The molecule has 1 aliphatic heterocycles. The Morgan fingerprint density at radius 1 is 1.08 bits per heavy atom. The maximum Gasteiger partial charge on any atom is 0.241 e. The Bertz CT molecular complexity index is 754. The van der Waals surface area contributed by atoms with Crippen molar-refractivity contribution in [2.24, 2.45) is 0 Å². The number of carbonyl (C=O) groups excluding carboxylic acids is 1. The van der Waals surface area contributed by atoms with Crippen LogP contribution in [-0.2, 0) is 4.79 Å². The Kier molecular flexibility index (Phi) is 5.49. The fourth-order valence-corrected chi connectivity index (χ4v) is 3.28. The second kappa shape index (κ2) is 7.79. The van der Waals surface area contributed by atoms with Crippen molar-refractivity contribution < 1.29 is 4.79 Å². The fraction of sp³-hybridized carbons (Fsp3) is 0.350. The van der Waals surface area contributed by atoms with Crippen LogP contribution in [0.3, 0.4) is 0 Å². The van der Waals surface area contributed by atoms with Gasteiger partial charge in [0.2, 0.25) is 5.91 Å². The molecule has 4 nitrogen and oxygen atoms in total. The number of benzene rings is 2. The molecule has 0 radical (unpaired) electrons. The summed E-state index contributed by atoms with van der Waals surface area (Å²) < 4.78 is 0. The molecule has 0 aromatic heterocycles. The highest BCUT2D eigenvalue weighted by Crippen LogP contribution is 2.21. The summed E-state index contributed by atoms with van der Waals surface area (Å²) in [5.41, 5.74) is 4.50. The quantitative estimate of drug-likeness (QED) is 0.905. The number of nitrogens with zero attached hydrogens (tertiary/aromatic N) is 2. The van der Waals surface area contributed by atoms with E-state index in [0.717, 1.165) is 48.1 Å². The van der Waals surface area contributed by atoms with Gasteiger partial charge in [0.05, 0.1) is 6.54 Å². The van der Waals surface area contributed by atoms with Gasteiger partial charge in [-0.05, 0) is 49.2 Å². The molecule has 2 aromatic rings. The highest BCUT2D eigenvalue weighted by atomic mass is 35.5. The molecule has 0 unspecified atom stereocenters. The first-order valence-electron chi connectivity index (χ1n) is 8.62. The number of piperazine rings is 1. The number of carbonyl (C=O) groups is 1. The minimum absolute atomic E-state index is 0.145. The number of amides is 1. The third-order valence-electron chi connectivity index (χ3n) is 4.63. The molecular weight excluding hydrogens is 334 g/mol. The van der Waals surface area contributed by atoms with Crippen molar-refractivity contribution in [3.63, 3.8) is 0 Å². The van der Waals surface area contributed by atoms with Crippen molar-refractivity contribution in [2.75, 3.05) is 42.9 Å². The number of aryl methyl sites for hydroxylation is 2. The highest BCUT2D eigenvalue weighted by molar-refractivity contribution is 6.30. The number of hydrogen-bond acceptors (Lipinski definition) is 3. The maximum absolute atomic E-state index is 12.5. The van der Waals surface area contributed by atoms with Gasteiger partial charge >= 0.3 is 0 Å². The Balaban J connectivity index is 1.52. The largest absolute Gasteiger partial charge is 0.376 e. The predicted octanol–water partition coefficient (Wildman–Crippen LogP) is 3.72. The molecule has 1 saturated heterocycles. The van der Waals surface area contributed by atoms with Gasteiger partial charge in [0.15, 0.2) is 0 Å². The van der Waals surface area contributed by atoms with Gasteiger partial charge in [-0.1, -0.05) is 29.8 Å². The van der Waals surface area contributed by atoms with Gasteiger partial charge in [0, 0.05) is 42.6 Å². The molecule has 1 aliphatic rings. The van der Waals surface area contributed by atoms with Gasteiger partial charge in [-0.3, -0.25) is 4.79 Å². The average Bonchev–Trinajstić information content (AvgIpc) is 2.62. The summed E-state index contributed by atoms with van der Waals surface area (Å²) in [7, 11) is 0. The Labute approximate surface area is 154 Å². The van der Waals surface area contributed by atoms with Gasteiger partial charge < -0.3 is 15.1 Å². The number of anilines is 2. The van der Waals surface area contributed by atoms with E-state index in [4.69, 9.17) is 11.6 Å². The van der Waals surface area contributed by atoms with E-state index in [2.05, 4.69) is 48.3 Å². The summed E-state index contributed by atoms with van der Waals surface area (Å²) in [5, 5.41) is 4.02. The van der Waals surface area contributed by atoms with E-state index in [-0.39, 0.29) is 5.91 Å². The van der Waals surface area contributed by atoms with Crippen molar-refractivity contribution >= 4 is 28.9 Å². The van der Waals surface area contributed by atoms with Crippen LogP contribution in [0.2, 0.25) is 5.02 Å². The van der Waals surface area contributed by atoms with E-state index >= 15 is 0 Å². The van der Waals surface area contributed by atoms with Gasteiger partial charge in [-0.15, -0.1) is 0 Å². The monoisotopic (exact) mass is 357 g/mol. The van der Waals surface area contributed by atoms with Crippen molar-refractivity contribution in [3.8, 4) is 0 Å². The number of nitrogens with one attached hydrogen (secondary N) is 1. The summed E-state index contributed by atoms with van der Waals surface area (Å²) in [6.45, 7) is 7.57. The smallest absolute Gasteiger partial charge is 0.241 e. The third-order valence-corrected chi connectivity index (χ3v) is 4.86. The molecule has 1 heterocycles. The van der Waals surface area contributed by atoms with Gasteiger partial charge in [0.1, 0.15) is 0 Å². The molecule has 0 saturated carbocycles. The van der Waals surface area contributed by atoms with E-state index in [1.165, 1.54) is 5.56 Å². The predicted molar refractivity (Wildman–Crippen MR) is 105 cm³/mol. The molecule has 0 atom stereocenters. The first-order valence-corrected chi connectivity index (χ1v) is 9.00.